The zero-order valence-corrected chi connectivity index (χ0v) is 12.0. The Hall–Kier alpha value is -1.88. The maximum absolute atomic E-state index is 11.5. The van der Waals surface area contributed by atoms with Crippen molar-refractivity contribution < 1.29 is 25.9 Å². The molecule has 0 saturated heterocycles. The van der Waals surface area contributed by atoms with E-state index < -0.39 is 30.0 Å². The molecule has 21 heavy (non-hydrogen) atoms. The lowest BCUT2D eigenvalue weighted by Gasteiger charge is -2.10. The van der Waals surface area contributed by atoms with E-state index in [-0.39, 0.29) is 10.8 Å². The topological polar surface area (TPSA) is 133 Å². The van der Waals surface area contributed by atoms with Gasteiger partial charge < -0.3 is 10.6 Å². The molecular formula is C11H10N2O6S2. The molecule has 2 aromatic carbocycles. The van der Waals surface area contributed by atoms with Gasteiger partial charge in [0.2, 0.25) is 0 Å². The molecule has 0 unspecified atom stereocenters. The minimum atomic E-state index is -4.65. The third-order valence-electron chi connectivity index (χ3n) is 3.19. The number of hydrogen-bond donors (Lipinski definition) is 4. The summed E-state index contributed by atoms with van der Waals surface area (Å²) in [5.41, 5.74) is 1.17. The first-order valence-corrected chi connectivity index (χ1v) is 8.59. The summed E-state index contributed by atoms with van der Waals surface area (Å²) >= 11 is 0. The molecular weight excluding hydrogens is 320 g/mol. The first-order chi connectivity index (χ1) is 9.68. The van der Waals surface area contributed by atoms with Crippen LogP contribution in [0.4, 0.5) is 11.4 Å². The van der Waals surface area contributed by atoms with Gasteiger partial charge in [-0.05, 0) is 18.2 Å². The normalized spacial score (nSPS) is 14.6. The van der Waals surface area contributed by atoms with Crippen LogP contribution in [0.5, 0.6) is 0 Å². The van der Waals surface area contributed by atoms with Gasteiger partial charge in [0, 0.05) is 10.8 Å². The molecule has 1 heterocycles. The van der Waals surface area contributed by atoms with Crippen molar-refractivity contribution in [3.05, 3.63) is 24.3 Å². The van der Waals surface area contributed by atoms with Crippen molar-refractivity contribution >= 4 is 42.4 Å². The Bertz CT molecular complexity index is 966. The van der Waals surface area contributed by atoms with Crippen LogP contribution in [0, 0.1) is 0 Å². The molecule has 0 fully saturated rings. The minimum absolute atomic E-state index is 0.153. The Balaban J connectivity index is 2.52. The second-order valence-electron chi connectivity index (χ2n) is 4.49. The molecule has 4 N–H and O–H groups in total. The Kier molecular flexibility index (Phi) is 2.89. The van der Waals surface area contributed by atoms with Gasteiger partial charge in [-0.25, -0.2) is 0 Å². The van der Waals surface area contributed by atoms with Crippen molar-refractivity contribution in [1.29, 1.82) is 0 Å². The molecule has 1 aliphatic rings. The highest BCUT2D eigenvalue weighted by Crippen LogP contribution is 2.38. The average Bonchev–Trinajstić information content (AvgIpc) is 2.83. The van der Waals surface area contributed by atoms with E-state index in [0.29, 0.717) is 18.0 Å². The van der Waals surface area contributed by atoms with Crippen LogP contribution < -0.4 is 10.6 Å². The predicted octanol–water partition coefficient (Wildman–Crippen LogP) is 1.13. The SMILES string of the molecule is O=S(=O)(O)c1cc(S(=O)(=O)O)c2ccc3c(c2c1)NCN3. The zero-order chi connectivity index (χ0) is 15.4. The Labute approximate surface area is 120 Å². The van der Waals surface area contributed by atoms with Crippen LogP contribution in [-0.2, 0) is 20.2 Å². The van der Waals surface area contributed by atoms with Crippen LogP contribution in [0.15, 0.2) is 34.1 Å². The van der Waals surface area contributed by atoms with E-state index in [9.17, 15) is 21.4 Å². The molecule has 8 nitrogen and oxygen atoms in total. The monoisotopic (exact) mass is 330 g/mol. The molecule has 0 atom stereocenters. The molecule has 0 aliphatic carbocycles. The highest BCUT2D eigenvalue weighted by molar-refractivity contribution is 7.86. The van der Waals surface area contributed by atoms with Gasteiger partial charge in [0.15, 0.2) is 0 Å². The Morgan fingerprint density at radius 2 is 1.62 bits per heavy atom. The molecule has 0 aromatic heterocycles. The first-order valence-electron chi connectivity index (χ1n) is 5.71. The van der Waals surface area contributed by atoms with E-state index in [1.165, 1.54) is 6.07 Å². The van der Waals surface area contributed by atoms with Crippen molar-refractivity contribution in [2.24, 2.45) is 0 Å². The molecule has 0 bridgehead atoms. The zero-order valence-electron chi connectivity index (χ0n) is 10.4. The average molecular weight is 330 g/mol. The van der Waals surface area contributed by atoms with E-state index in [1.807, 2.05) is 0 Å². The van der Waals surface area contributed by atoms with E-state index in [0.717, 1.165) is 12.1 Å². The van der Waals surface area contributed by atoms with Crippen LogP contribution in [0.3, 0.4) is 0 Å². The molecule has 0 amide bonds. The van der Waals surface area contributed by atoms with Crippen molar-refractivity contribution in [2.45, 2.75) is 9.79 Å². The molecule has 112 valence electrons. The van der Waals surface area contributed by atoms with Crippen molar-refractivity contribution in [2.75, 3.05) is 17.3 Å². The maximum Gasteiger partial charge on any atom is 0.295 e. The Morgan fingerprint density at radius 3 is 2.24 bits per heavy atom. The van der Waals surface area contributed by atoms with E-state index in [4.69, 9.17) is 4.55 Å². The van der Waals surface area contributed by atoms with Gasteiger partial charge in [-0.15, -0.1) is 0 Å². The summed E-state index contributed by atoms with van der Waals surface area (Å²) in [5.74, 6) is 0. The van der Waals surface area contributed by atoms with Gasteiger partial charge in [-0.3, -0.25) is 9.11 Å². The summed E-state index contributed by atoms with van der Waals surface area (Å²) in [7, 11) is -9.27. The van der Waals surface area contributed by atoms with E-state index in [1.54, 1.807) is 6.07 Å². The van der Waals surface area contributed by atoms with Gasteiger partial charge in [0.05, 0.1) is 22.9 Å². The molecule has 2 aromatic rings. The number of benzene rings is 2. The summed E-state index contributed by atoms with van der Waals surface area (Å²) in [5, 5.41) is 6.33. The second-order valence-corrected chi connectivity index (χ2v) is 7.30. The number of rotatable bonds is 2. The van der Waals surface area contributed by atoms with Crippen LogP contribution in [-0.4, -0.2) is 32.6 Å². The standard InChI is InChI=1S/C11H10N2O6S2/c14-20(15,16)6-3-8-7(10(4-6)21(17,18)19)1-2-9-11(8)13-5-12-9/h1-4,12-13H,5H2,(H,14,15,16)(H,17,18,19). The van der Waals surface area contributed by atoms with Gasteiger partial charge >= 0.3 is 0 Å². The first kappa shape index (κ1) is 14.1. The summed E-state index contributed by atoms with van der Waals surface area (Å²) in [6.45, 7) is 0.395. The molecule has 3 rings (SSSR count). The van der Waals surface area contributed by atoms with Crippen molar-refractivity contribution in [1.82, 2.24) is 0 Å². The molecule has 10 heteroatoms. The molecule has 0 spiro atoms. The van der Waals surface area contributed by atoms with Gasteiger partial charge in [0.25, 0.3) is 20.2 Å². The van der Waals surface area contributed by atoms with Crippen LogP contribution in [0.1, 0.15) is 0 Å². The highest BCUT2D eigenvalue weighted by atomic mass is 32.2. The molecule has 1 aliphatic heterocycles. The molecule has 0 radical (unpaired) electrons. The summed E-state index contributed by atoms with van der Waals surface area (Å²) in [4.78, 5) is -1.19. The van der Waals surface area contributed by atoms with Crippen molar-refractivity contribution in [3.63, 3.8) is 0 Å². The number of fused-ring (bicyclic) bond motifs is 3. The second kappa shape index (κ2) is 4.31. The number of anilines is 2. The summed E-state index contributed by atoms with van der Waals surface area (Å²) in [6, 6.07) is 4.93. The molecule has 0 saturated carbocycles. The van der Waals surface area contributed by atoms with Crippen molar-refractivity contribution in [3.8, 4) is 0 Å². The lowest BCUT2D eigenvalue weighted by atomic mass is 10.1. The number of hydrogen-bond acceptors (Lipinski definition) is 6. The third kappa shape index (κ3) is 2.31. The lowest BCUT2D eigenvalue weighted by molar-refractivity contribution is 0.482. The van der Waals surface area contributed by atoms with Gasteiger partial charge in [0.1, 0.15) is 4.90 Å². The van der Waals surface area contributed by atoms with E-state index in [2.05, 4.69) is 10.6 Å². The smallest absolute Gasteiger partial charge is 0.295 e. The predicted molar refractivity (Wildman–Crippen MR) is 75.7 cm³/mol. The minimum Gasteiger partial charge on any atom is -0.366 e. The van der Waals surface area contributed by atoms with E-state index >= 15 is 0 Å². The Morgan fingerprint density at radius 1 is 0.905 bits per heavy atom. The number of nitrogens with one attached hydrogen (secondary N) is 2. The fraction of sp³-hybridized carbons (Fsp3) is 0.0909. The lowest BCUT2D eigenvalue weighted by Crippen LogP contribution is -2.05. The summed E-state index contributed by atoms with van der Waals surface area (Å²) < 4.78 is 64.0. The van der Waals surface area contributed by atoms with Crippen LogP contribution in [0.2, 0.25) is 0 Å². The fourth-order valence-corrected chi connectivity index (χ4v) is 3.64. The van der Waals surface area contributed by atoms with Crippen LogP contribution >= 0.6 is 0 Å². The fourth-order valence-electron chi connectivity index (χ4n) is 2.30. The largest absolute Gasteiger partial charge is 0.366 e. The summed E-state index contributed by atoms with van der Waals surface area (Å²) in [6.07, 6.45) is 0. The maximum atomic E-state index is 11.5. The van der Waals surface area contributed by atoms with Gasteiger partial charge in [-0.1, -0.05) is 6.07 Å². The highest BCUT2D eigenvalue weighted by Gasteiger charge is 2.23. The van der Waals surface area contributed by atoms with Crippen LogP contribution in [0.25, 0.3) is 10.8 Å². The van der Waals surface area contributed by atoms with Gasteiger partial charge in [-0.2, -0.15) is 16.8 Å². The third-order valence-corrected chi connectivity index (χ3v) is 4.92. The quantitative estimate of drug-likeness (QED) is 0.602.